The molecule has 2 amide bonds. The number of aryl methyl sites for hydroxylation is 2. The molecule has 9 heteroatoms. The highest BCUT2D eigenvalue weighted by atomic mass is 16.6. The summed E-state index contributed by atoms with van der Waals surface area (Å²) in [7, 11) is 1.43. The van der Waals surface area contributed by atoms with Gasteiger partial charge in [-0.25, -0.2) is 4.79 Å². The Hall–Kier alpha value is -3.75. The third-order valence-corrected chi connectivity index (χ3v) is 4.43. The number of ether oxygens (including phenoxy) is 1. The maximum Gasteiger partial charge on any atom is 0.338 e. The lowest BCUT2D eigenvalue weighted by molar-refractivity contribution is -0.385. The molecule has 158 valence electrons. The molecule has 2 rings (SSSR count). The number of amides is 2. The maximum atomic E-state index is 12.2. The number of hydrogen-bond donors (Lipinski definition) is 1. The molecule has 0 saturated heterocycles. The minimum atomic E-state index is -0.781. The second-order valence-corrected chi connectivity index (χ2v) is 6.64. The maximum absolute atomic E-state index is 12.2. The van der Waals surface area contributed by atoms with E-state index in [1.54, 1.807) is 6.07 Å². The smallest absolute Gasteiger partial charge is 0.338 e. The van der Waals surface area contributed by atoms with Gasteiger partial charge in [-0.1, -0.05) is 25.1 Å². The van der Waals surface area contributed by atoms with Gasteiger partial charge >= 0.3 is 5.97 Å². The molecule has 9 nitrogen and oxygen atoms in total. The van der Waals surface area contributed by atoms with Crippen molar-refractivity contribution >= 4 is 29.2 Å². The Kier molecular flexibility index (Phi) is 7.62. The van der Waals surface area contributed by atoms with Crippen molar-refractivity contribution in [2.45, 2.75) is 20.3 Å². The number of nitro benzene ring substituents is 1. The molecular formula is C21H23N3O6. The number of nitrogens with one attached hydrogen (secondary N) is 1. The number of likely N-dealkylation sites (N-methyl/N-ethyl adjacent to an activating group) is 1. The standard InChI is InChI=1S/C21H23N3O6/c1-4-15-7-5-6-8-17(15)22-19(25)12-23(3)20(26)13-30-21(27)16-9-10-18(24(28)29)14(2)11-16/h5-11H,4,12-13H2,1-3H3,(H,22,25). The van der Waals surface area contributed by atoms with Crippen LogP contribution in [0.2, 0.25) is 0 Å². The zero-order valence-electron chi connectivity index (χ0n) is 17.0. The van der Waals surface area contributed by atoms with E-state index in [0.717, 1.165) is 16.9 Å². The van der Waals surface area contributed by atoms with Crippen LogP contribution in [-0.2, 0) is 20.7 Å². The molecule has 0 radical (unpaired) electrons. The Morgan fingerprint density at radius 3 is 2.50 bits per heavy atom. The van der Waals surface area contributed by atoms with Gasteiger partial charge in [0, 0.05) is 24.4 Å². The Morgan fingerprint density at radius 2 is 1.87 bits per heavy atom. The van der Waals surface area contributed by atoms with Crippen LogP contribution in [0, 0.1) is 17.0 Å². The van der Waals surface area contributed by atoms with Crippen molar-refractivity contribution in [2.24, 2.45) is 0 Å². The number of anilines is 1. The summed E-state index contributed by atoms with van der Waals surface area (Å²) in [6, 6.07) is 11.2. The van der Waals surface area contributed by atoms with Crippen LogP contribution in [-0.4, -0.2) is 47.8 Å². The van der Waals surface area contributed by atoms with Gasteiger partial charge in [-0.3, -0.25) is 19.7 Å². The van der Waals surface area contributed by atoms with Gasteiger partial charge in [0.15, 0.2) is 6.61 Å². The van der Waals surface area contributed by atoms with Crippen LogP contribution in [0.4, 0.5) is 11.4 Å². The summed E-state index contributed by atoms with van der Waals surface area (Å²) in [5.74, 6) is -1.71. The average Bonchev–Trinajstić information content (AvgIpc) is 2.71. The zero-order valence-corrected chi connectivity index (χ0v) is 17.0. The van der Waals surface area contributed by atoms with E-state index >= 15 is 0 Å². The van der Waals surface area contributed by atoms with E-state index in [9.17, 15) is 24.5 Å². The molecule has 0 aliphatic heterocycles. The molecule has 0 fully saturated rings. The molecule has 0 bridgehead atoms. The summed E-state index contributed by atoms with van der Waals surface area (Å²) in [5.41, 5.74) is 1.96. The average molecular weight is 413 g/mol. The summed E-state index contributed by atoms with van der Waals surface area (Å²) >= 11 is 0. The summed E-state index contributed by atoms with van der Waals surface area (Å²) < 4.78 is 4.97. The fourth-order valence-corrected chi connectivity index (χ4v) is 2.75. The number of hydrogen-bond acceptors (Lipinski definition) is 6. The minimum absolute atomic E-state index is 0.0995. The third kappa shape index (κ3) is 5.87. The highest BCUT2D eigenvalue weighted by Crippen LogP contribution is 2.19. The van der Waals surface area contributed by atoms with Crippen molar-refractivity contribution < 1.29 is 24.0 Å². The van der Waals surface area contributed by atoms with Gasteiger partial charge in [0.2, 0.25) is 5.91 Å². The largest absolute Gasteiger partial charge is 0.452 e. The molecule has 0 aliphatic carbocycles. The van der Waals surface area contributed by atoms with Gasteiger partial charge < -0.3 is 15.0 Å². The highest BCUT2D eigenvalue weighted by Gasteiger charge is 2.18. The summed E-state index contributed by atoms with van der Waals surface area (Å²) in [6.07, 6.45) is 0.753. The van der Waals surface area contributed by atoms with Crippen LogP contribution in [0.3, 0.4) is 0 Å². The first-order valence-electron chi connectivity index (χ1n) is 9.26. The monoisotopic (exact) mass is 413 g/mol. The molecule has 0 atom stereocenters. The lowest BCUT2D eigenvalue weighted by Gasteiger charge is -2.17. The number of esters is 1. The number of para-hydroxylation sites is 1. The van der Waals surface area contributed by atoms with Crippen molar-refractivity contribution in [2.75, 3.05) is 25.5 Å². The minimum Gasteiger partial charge on any atom is -0.452 e. The quantitative estimate of drug-likeness (QED) is 0.404. The first kappa shape index (κ1) is 22.5. The molecule has 1 N–H and O–H groups in total. The molecule has 2 aromatic rings. The molecular weight excluding hydrogens is 390 g/mol. The van der Waals surface area contributed by atoms with E-state index in [2.05, 4.69) is 5.32 Å². The fraction of sp³-hybridized carbons (Fsp3) is 0.286. The van der Waals surface area contributed by atoms with Crippen molar-refractivity contribution in [3.05, 3.63) is 69.3 Å². The second kappa shape index (κ2) is 10.1. The predicted molar refractivity (Wildman–Crippen MR) is 110 cm³/mol. The first-order valence-corrected chi connectivity index (χ1v) is 9.26. The van der Waals surface area contributed by atoms with E-state index in [-0.39, 0.29) is 23.7 Å². The summed E-state index contributed by atoms with van der Waals surface area (Å²) in [6.45, 7) is 2.72. The van der Waals surface area contributed by atoms with Crippen LogP contribution < -0.4 is 5.32 Å². The molecule has 0 heterocycles. The Morgan fingerprint density at radius 1 is 1.17 bits per heavy atom. The fourth-order valence-electron chi connectivity index (χ4n) is 2.75. The molecule has 0 saturated carbocycles. The SMILES string of the molecule is CCc1ccccc1NC(=O)CN(C)C(=O)COC(=O)c1ccc([N+](=O)[O-])c(C)c1. The van der Waals surface area contributed by atoms with Crippen molar-refractivity contribution in [1.82, 2.24) is 4.90 Å². The van der Waals surface area contributed by atoms with Crippen LogP contribution in [0.15, 0.2) is 42.5 Å². The predicted octanol–water partition coefficient (Wildman–Crippen LogP) is 2.72. The van der Waals surface area contributed by atoms with E-state index in [1.807, 2.05) is 25.1 Å². The van der Waals surface area contributed by atoms with E-state index < -0.39 is 23.4 Å². The number of nitro groups is 1. The Balaban J connectivity index is 1.88. The van der Waals surface area contributed by atoms with E-state index in [0.29, 0.717) is 11.3 Å². The third-order valence-electron chi connectivity index (χ3n) is 4.43. The van der Waals surface area contributed by atoms with Gasteiger partial charge in [-0.2, -0.15) is 0 Å². The normalized spacial score (nSPS) is 10.2. The van der Waals surface area contributed by atoms with E-state index in [1.165, 1.54) is 32.2 Å². The molecule has 0 aromatic heterocycles. The van der Waals surface area contributed by atoms with Gasteiger partial charge in [-0.15, -0.1) is 0 Å². The van der Waals surface area contributed by atoms with Crippen molar-refractivity contribution in [3.8, 4) is 0 Å². The Labute approximate surface area is 173 Å². The number of carbonyl (C=O) groups excluding carboxylic acids is 3. The van der Waals surface area contributed by atoms with Gasteiger partial charge in [0.05, 0.1) is 17.0 Å². The number of benzene rings is 2. The molecule has 30 heavy (non-hydrogen) atoms. The van der Waals surface area contributed by atoms with Crippen molar-refractivity contribution in [3.63, 3.8) is 0 Å². The van der Waals surface area contributed by atoms with Gasteiger partial charge in [0.1, 0.15) is 0 Å². The van der Waals surface area contributed by atoms with Crippen LogP contribution in [0.5, 0.6) is 0 Å². The van der Waals surface area contributed by atoms with Gasteiger partial charge in [-0.05, 0) is 37.1 Å². The summed E-state index contributed by atoms with van der Waals surface area (Å²) in [4.78, 5) is 47.9. The first-order chi connectivity index (χ1) is 14.2. The molecule has 0 unspecified atom stereocenters. The van der Waals surface area contributed by atoms with E-state index in [4.69, 9.17) is 4.74 Å². The zero-order chi connectivity index (χ0) is 22.3. The number of carbonyl (C=O) groups is 3. The van der Waals surface area contributed by atoms with Crippen LogP contribution in [0.1, 0.15) is 28.4 Å². The van der Waals surface area contributed by atoms with Crippen molar-refractivity contribution in [1.29, 1.82) is 0 Å². The highest BCUT2D eigenvalue weighted by molar-refractivity contribution is 5.96. The second-order valence-electron chi connectivity index (χ2n) is 6.64. The topological polar surface area (TPSA) is 119 Å². The lowest BCUT2D eigenvalue weighted by atomic mass is 10.1. The Bertz CT molecular complexity index is 973. The number of rotatable bonds is 8. The summed E-state index contributed by atoms with van der Waals surface area (Å²) in [5, 5.41) is 13.6. The lowest BCUT2D eigenvalue weighted by Crippen LogP contribution is -2.37. The molecule has 0 aliphatic rings. The van der Waals surface area contributed by atoms with Gasteiger partial charge in [0.25, 0.3) is 11.6 Å². The van der Waals surface area contributed by atoms with Crippen LogP contribution >= 0.6 is 0 Å². The van der Waals surface area contributed by atoms with Crippen LogP contribution in [0.25, 0.3) is 0 Å². The molecule has 0 spiro atoms. The number of nitrogens with zero attached hydrogens (tertiary/aromatic N) is 2. The molecule has 2 aromatic carbocycles.